The van der Waals surface area contributed by atoms with Crippen molar-refractivity contribution in [2.75, 3.05) is 0 Å². The maximum absolute atomic E-state index is 12.0. The van der Waals surface area contributed by atoms with E-state index in [1.54, 1.807) is 17.5 Å². The monoisotopic (exact) mass is 279 g/mol. The summed E-state index contributed by atoms with van der Waals surface area (Å²) < 4.78 is 0.956. The lowest BCUT2D eigenvalue weighted by molar-refractivity contribution is -0.137. The molecule has 0 aliphatic rings. The fraction of sp³-hybridized carbons (Fsp3) is 0.0833. The maximum atomic E-state index is 12.0. The molecule has 0 aliphatic heterocycles. The Kier molecular flexibility index (Phi) is 3.48. The Morgan fingerprint density at radius 2 is 1.95 bits per heavy atom. The second-order valence-electron chi connectivity index (χ2n) is 3.70. The Morgan fingerprint density at radius 1 is 1.21 bits per heavy atom. The van der Waals surface area contributed by atoms with Crippen LogP contribution >= 0.6 is 11.3 Å². The van der Waals surface area contributed by atoms with Crippen molar-refractivity contribution in [3.63, 3.8) is 0 Å². The fourth-order valence-corrected chi connectivity index (χ4v) is 2.43. The van der Waals surface area contributed by atoms with Gasteiger partial charge in [-0.25, -0.2) is 4.79 Å². The number of nitrogens with zero attached hydrogens (tertiary/aromatic N) is 1. The van der Waals surface area contributed by atoms with Crippen LogP contribution in [0.25, 0.3) is 10.6 Å². The third kappa shape index (κ3) is 2.55. The molecular formula is C12H9NO5S. The third-order valence-corrected chi connectivity index (χ3v) is 3.36. The summed E-state index contributed by atoms with van der Waals surface area (Å²) in [5.74, 6) is -2.58. The SMILES string of the molecule is O=C(O)Cn1c(-c2cccs2)ccc(C(=O)O)c1=O. The van der Waals surface area contributed by atoms with Crippen molar-refractivity contribution in [3.05, 3.63) is 45.6 Å². The predicted octanol–water partition coefficient (Wildman–Crippen LogP) is 1.36. The second kappa shape index (κ2) is 5.07. The Labute approximate surface area is 111 Å². The average molecular weight is 279 g/mol. The summed E-state index contributed by atoms with van der Waals surface area (Å²) in [6.45, 7) is -0.576. The summed E-state index contributed by atoms with van der Waals surface area (Å²) in [6.07, 6.45) is 0. The molecule has 7 heteroatoms. The molecule has 0 aliphatic carbocycles. The minimum Gasteiger partial charge on any atom is -0.480 e. The van der Waals surface area contributed by atoms with Crippen LogP contribution in [0.2, 0.25) is 0 Å². The first-order chi connectivity index (χ1) is 9.00. The molecule has 0 atom stereocenters. The van der Waals surface area contributed by atoms with Crippen LogP contribution in [0.15, 0.2) is 34.4 Å². The van der Waals surface area contributed by atoms with Crippen LogP contribution in [0, 0.1) is 0 Å². The predicted molar refractivity (Wildman–Crippen MR) is 68.6 cm³/mol. The molecule has 2 aromatic rings. The van der Waals surface area contributed by atoms with E-state index < -0.39 is 29.6 Å². The summed E-state index contributed by atoms with van der Waals surface area (Å²) >= 11 is 1.34. The minimum absolute atomic E-state index is 0.396. The number of aromatic carboxylic acids is 1. The minimum atomic E-state index is -1.37. The van der Waals surface area contributed by atoms with Gasteiger partial charge in [0.2, 0.25) is 0 Å². The highest BCUT2D eigenvalue weighted by atomic mass is 32.1. The molecule has 19 heavy (non-hydrogen) atoms. The average Bonchev–Trinajstić information content (AvgIpc) is 2.84. The van der Waals surface area contributed by atoms with E-state index in [2.05, 4.69) is 0 Å². The second-order valence-corrected chi connectivity index (χ2v) is 4.65. The van der Waals surface area contributed by atoms with Crippen LogP contribution in [-0.2, 0) is 11.3 Å². The van der Waals surface area contributed by atoms with Crippen molar-refractivity contribution in [1.29, 1.82) is 0 Å². The van der Waals surface area contributed by atoms with E-state index in [9.17, 15) is 14.4 Å². The van der Waals surface area contributed by atoms with Gasteiger partial charge in [-0.05, 0) is 23.6 Å². The quantitative estimate of drug-likeness (QED) is 0.880. The molecule has 2 N–H and O–H groups in total. The number of carboxylic acid groups (broad SMARTS) is 2. The molecule has 0 unspecified atom stereocenters. The third-order valence-electron chi connectivity index (χ3n) is 2.47. The standard InChI is InChI=1S/C12H9NO5S/c14-10(15)6-13-8(9-2-1-5-19-9)4-3-7(11(13)16)12(17)18/h1-5H,6H2,(H,14,15)(H,17,18). The van der Waals surface area contributed by atoms with Gasteiger partial charge >= 0.3 is 11.9 Å². The highest BCUT2D eigenvalue weighted by Gasteiger charge is 2.17. The molecule has 2 rings (SSSR count). The van der Waals surface area contributed by atoms with Gasteiger partial charge < -0.3 is 10.2 Å². The molecule has 0 fully saturated rings. The van der Waals surface area contributed by atoms with Gasteiger partial charge in [0.15, 0.2) is 0 Å². The number of aliphatic carboxylic acids is 1. The van der Waals surface area contributed by atoms with Gasteiger partial charge in [0.25, 0.3) is 5.56 Å². The number of carbonyl (C=O) groups is 2. The van der Waals surface area contributed by atoms with Crippen LogP contribution < -0.4 is 5.56 Å². The normalized spacial score (nSPS) is 10.3. The smallest absolute Gasteiger partial charge is 0.341 e. The Morgan fingerprint density at radius 3 is 2.47 bits per heavy atom. The number of carboxylic acids is 2. The van der Waals surface area contributed by atoms with Crippen LogP contribution in [-0.4, -0.2) is 26.7 Å². The largest absolute Gasteiger partial charge is 0.480 e. The molecule has 2 heterocycles. The number of rotatable bonds is 4. The number of pyridine rings is 1. The first-order valence-electron chi connectivity index (χ1n) is 5.23. The summed E-state index contributed by atoms with van der Waals surface area (Å²) in [6, 6.07) is 6.14. The molecular weight excluding hydrogens is 270 g/mol. The van der Waals surface area contributed by atoms with E-state index in [-0.39, 0.29) is 0 Å². The summed E-state index contributed by atoms with van der Waals surface area (Å²) in [5.41, 5.74) is -0.866. The van der Waals surface area contributed by atoms with Crippen molar-refractivity contribution in [2.24, 2.45) is 0 Å². The van der Waals surface area contributed by atoms with E-state index in [1.807, 2.05) is 0 Å². The Hall–Kier alpha value is -2.41. The fourth-order valence-electron chi connectivity index (χ4n) is 1.67. The van der Waals surface area contributed by atoms with E-state index in [1.165, 1.54) is 23.5 Å². The summed E-state index contributed by atoms with van der Waals surface area (Å²) in [5, 5.41) is 19.5. The first kappa shape index (κ1) is 13.0. The zero-order chi connectivity index (χ0) is 14.0. The Bertz CT molecular complexity index is 687. The lowest BCUT2D eigenvalue weighted by atomic mass is 10.2. The summed E-state index contributed by atoms with van der Waals surface area (Å²) in [7, 11) is 0. The molecule has 0 bridgehead atoms. The van der Waals surface area contributed by atoms with Crippen molar-refractivity contribution in [2.45, 2.75) is 6.54 Å². The Balaban J connectivity index is 2.68. The number of hydrogen-bond acceptors (Lipinski definition) is 4. The van der Waals surface area contributed by atoms with E-state index in [0.29, 0.717) is 10.6 Å². The van der Waals surface area contributed by atoms with Crippen LogP contribution in [0.3, 0.4) is 0 Å². The molecule has 0 saturated carbocycles. The van der Waals surface area contributed by atoms with Crippen molar-refractivity contribution >= 4 is 23.3 Å². The molecule has 0 radical (unpaired) electrons. The lowest BCUT2D eigenvalue weighted by Gasteiger charge is -2.10. The topological polar surface area (TPSA) is 96.6 Å². The molecule has 98 valence electrons. The number of aromatic nitrogens is 1. The van der Waals surface area contributed by atoms with E-state index in [0.717, 1.165) is 4.57 Å². The van der Waals surface area contributed by atoms with Crippen LogP contribution in [0.5, 0.6) is 0 Å². The number of hydrogen-bond donors (Lipinski definition) is 2. The van der Waals surface area contributed by atoms with Crippen molar-refractivity contribution < 1.29 is 19.8 Å². The first-order valence-corrected chi connectivity index (χ1v) is 6.11. The highest BCUT2D eigenvalue weighted by molar-refractivity contribution is 7.13. The van der Waals surface area contributed by atoms with Gasteiger partial charge in [-0.15, -0.1) is 11.3 Å². The molecule has 0 amide bonds. The summed E-state index contributed by atoms with van der Waals surface area (Å²) in [4.78, 5) is 34.4. The van der Waals surface area contributed by atoms with Gasteiger partial charge in [0.1, 0.15) is 12.1 Å². The van der Waals surface area contributed by atoms with Crippen molar-refractivity contribution in [3.8, 4) is 10.6 Å². The van der Waals surface area contributed by atoms with Gasteiger partial charge in [0, 0.05) is 0 Å². The molecule has 0 spiro atoms. The zero-order valence-corrected chi connectivity index (χ0v) is 10.4. The van der Waals surface area contributed by atoms with Crippen LogP contribution in [0.1, 0.15) is 10.4 Å². The zero-order valence-electron chi connectivity index (χ0n) is 9.57. The number of thiophene rings is 1. The molecule has 0 aromatic carbocycles. The van der Waals surface area contributed by atoms with Gasteiger partial charge in [0.05, 0.1) is 10.6 Å². The van der Waals surface area contributed by atoms with Gasteiger partial charge in [-0.3, -0.25) is 14.2 Å². The molecule has 2 aromatic heterocycles. The van der Waals surface area contributed by atoms with Crippen molar-refractivity contribution in [1.82, 2.24) is 4.57 Å². The van der Waals surface area contributed by atoms with E-state index in [4.69, 9.17) is 10.2 Å². The highest BCUT2D eigenvalue weighted by Crippen LogP contribution is 2.23. The molecule has 0 saturated heterocycles. The van der Waals surface area contributed by atoms with E-state index >= 15 is 0 Å². The van der Waals surface area contributed by atoms with Gasteiger partial charge in [-0.2, -0.15) is 0 Å². The lowest BCUT2D eigenvalue weighted by Crippen LogP contribution is -2.29. The molecule has 6 nitrogen and oxygen atoms in total. The maximum Gasteiger partial charge on any atom is 0.341 e. The van der Waals surface area contributed by atoms with Gasteiger partial charge in [-0.1, -0.05) is 6.07 Å². The van der Waals surface area contributed by atoms with Crippen LogP contribution in [0.4, 0.5) is 0 Å².